The fraction of sp³-hybridized carbons (Fsp3) is 0.200. The van der Waals surface area contributed by atoms with Crippen LogP contribution in [0.3, 0.4) is 0 Å². The van der Waals surface area contributed by atoms with E-state index in [1.807, 2.05) is 0 Å². The highest BCUT2D eigenvalue weighted by Crippen LogP contribution is 2.20. The van der Waals surface area contributed by atoms with E-state index in [9.17, 15) is 9.50 Å². The monoisotopic (exact) mass is 373 g/mol. The predicted octanol–water partition coefficient (Wildman–Crippen LogP) is 4.09. The molecule has 0 fully saturated rings. The van der Waals surface area contributed by atoms with Crippen molar-refractivity contribution in [3.8, 4) is 5.75 Å². The largest absolute Gasteiger partial charge is 0.491 e. The summed E-state index contributed by atoms with van der Waals surface area (Å²) < 4.78 is 18.9. The summed E-state index contributed by atoms with van der Waals surface area (Å²) in [5, 5.41) is 13.5. The zero-order valence-corrected chi connectivity index (χ0v) is 13.4. The Morgan fingerprint density at radius 3 is 2.62 bits per heavy atom. The predicted molar refractivity (Wildman–Crippen MR) is 85.5 cm³/mol. The van der Waals surface area contributed by atoms with Crippen LogP contribution in [0.25, 0.3) is 0 Å². The van der Waals surface area contributed by atoms with Crippen LogP contribution in [0.5, 0.6) is 5.75 Å². The first-order chi connectivity index (χ1) is 10.0. The van der Waals surface area contributed by atoms with Crippen LogP contribution >= 0.6 is 27.5 Å². The summed E-state index contributed by atoms with van der Waals surface area (Å²) in [5.74, 6) is 0.315. The lowest BCUT2D eigenvalue weighted by Crippen LogP contribution is -2.26. The molecule has 112 valence electrons. The smallest absolute Gasteiger partial charge is 0.137 e. The van der Waals surface area contributed by atoms with Gasteiger partial charge in [-0.2, -0.15) is 0 Å². The van der Waals surface area contributed by atoms with Gasteiger partial charge in [0, 0.05) is 17.3 Å². The molecule has 0 aromatic heterocycles. The lowest BCUT2D eigenvalue weighted by molar-refractivity contribution is 0.117. The van der Waals surface area contributed by atoms with Gasteiger partial charge >= 0.3 is 0 Å². The molecule has 0 aliphatic heterocycles. The molecule has 0 saturated carbocycles. The van der Waals surface area contributed by atoms with Crippen LogP contribution in [0.15, 0.2) is 46.9 Å². The van der Waals surface area contributed by atoms with Crippen molar-refractivity contribution in [3.63, 3.8) is 0 Å². The summed E-state index contributed by atoms with van der Waals surface area (Å²) in [6.07, 6.45) is -0.690. The summed E-state index contributed by atoms with van der Waals surface area (Å²) in [6.45, 7) is 0.447. The number of benzene rings is 2. The van der Waals surface area contributed by atoms with E-state index in [0.29, 0.717) is 27.5 Å². The maximum absolute atomic E-state index is 13.1. The van der Waals surface area contributed by atoms with Crippen LogP contribution in [-0.2, 0) is 0 Å². The normalized spacial score (nSPS) is 12.0. The van der Waals surface area contributed by atoms with E-state index in [4.69, 9.17) is 16.3 Å². The van der Waals surface area contributed by atoms with Gasteiger partial charge in [0.05, 0.1) is 4.47 Å². The molecule has 3 nitrogen and oxygen atoms in total. The molecule has 0 radical (unpaired) electrons. The van der Waals surface area contributed by atoms with Gasteiger partial charge in [-0.3, -0.25) is 0 Å². The van der Waals surface area contributed by atoms with Gasteiger partial charge in [0.25, 0.3) is 0 Å². The van der Waals surface area contributed by atoms with Crippen LogP contribution in [0.2, 0.25) is 5.02 Å². The minimum Gasteiger partial charge on any atom is -0.491 e. The topological polar surface area (TPSA) is 41.5 Å². The molecule has 2 aromatic rings. The van der Waals surface area contributed by atoms with Crippen molar-refractivity contribution in [1.82, 2.24) is 0 Å². The average Bonchev–Trinajstić information content (AvgIpc) is 2.48. The fourth-order valence-electron chi connectivity index (χ4n) is 1.62. The molecule has 0 heterocycles. The molecule has 2 rings (SSSR count). The zero-order chi connectivity index (χ0) is 15.2. The number of hydrogen-bond donors (Lipinski definition) is 2. The van der Waals surface area contributed by atoms with Crippen molar-refractivity contribution >= 4 is 33.2 Å². The SMILES string of the molecule is OC(CNc1ccc(F)c(Br)c1)COc1ccc(Cl)cc1. The van der Waals surface area contributed by atoms with Gasteiger partial charge < -0.3 is 15.2 Å². The quantitative estimate of drug-likeness (QED) is 0.800. The highest BCUT2D eigenvalue weighted by molar-refractivity contribution is 9.10. The Hall–Kier alpha value is -1.30. The van der Waals surface area contributed by atoms with Gasteiger partial charge in [-0.05, 0) is 58.4 Å². The van der Waals surface area contributed by atoms with Crippen LogP contribution in [0.4, 0.5) is 10.1 Å². The molecule has 0 aliphatic rings. The molecule has 0 bridgehead atoms. The minimum atomic E-state index is -0.690. The molecule has 1 unspecified atom stereocenters. The molecular formula is C15H14BrClFNO2. The van der Waals surface area contributed by atoms with E-state index in [-0.39, 0.29) is 12.4 Å². The van der Waals surface area contributed by atoms with Crippen molar-refractivity contribution in [1.29, 1.82) is 0 Å². The zero-order valence-electron chi connectivity index (χ0n) is 11.0. The standard InChI is InChI=1S/C15H14BrClFNO2/c16-14-7-11(3-6-15(14)18)19-8-12(20)9-21-13-4-1-10(17)2-5-13/h1-7,12,19-20H,8-9H2. The third kappa shape index (κ3) is 5.19. The van der Waals surface area contributed by atoms with Gasteiger partial charge in [-0.25, -0.2) is 4.39 Å². The first-order valence-corrected chi connectivity index (χ1v) is 7.47. The number of nitrogens with one attached hydrogen (secondary N) is 1. The molecule has 0 spiro atoms. The van der Waals surface area contributed by atoms with Crippen LogP contribution in [-0.4, -0.2) is 24.4 Å². The Kier molecular flexibility index (Phi) is 5.85. The second kappa shape index (κ2) is 7.64. The second-order valence-electron chi connectivity index (χ2n) is 4.43. The van der Waals surface area contributed by atoms with Crippen molar-refractivity contribution in [2.75, 3.05) is 18.5 Å². The van der Waals surface area contributed by atoms with Crippen LogP contribution in [0.1, 0.15) is 0 Å². The Morgan fingerprint density at radius 1 is 1.24 bits per heavy atom. The number of hydrogen-bond acceptors (Lipinski definition) is 3. The number of aliphatic hydroxyl groups is 1. The van der Waals surface area contributed by atoms with Crippen LogP contribution in [0, 0.1) is 5.82 Å². The van der Waals surface area contributed by atoms with Gasteiger partial charge in [0.15, 0.2) is 0 Å². The Morgan fingerprint density at radius 2 is 1.95 bits per heavy atom. The van der Waals surface area contributed by atoms with E-state index in [1.165, 1.54) is 6.07 Å². The Balaban J connectivity index is 1.77. The molecule has 1 atom stereocenters. The van der Waals surface area contributed by atoms with E-state index in [0.717, 1.165) is 0 Å². The fourth-order valence-corrected chi connectivity index (χ4v) is 2.13. The number of aliphatic hydroxyl groups excluding tert-OH is 1. The highest BCUT2D eigenvalue weighted by Gasteiger charge is 2.06. The molecule has 2 N–H and O–H groups in total. The highest BCUT2D eigenvalue weighted by atomic mass is 79.9. The number of halogens is 3. The summed E-state index contributed by atoms with van der Waals surface area (Å²) in [6, 6.07) is 11.5. The molecule has 21 heavy (non-hydrogen) atoms. The van der Waals surface area contributed by atoms with E-state index >= 15 is 0 Å². The lowest BCUT2D eigenvalue weighted by Gasteiger charge is -2.14. The minimum absolute atomic E-state index is 0.150. The van der Waals surface area contributed by atoms with Crippen molar-refractivity contribution in [3.05, 3.63) is 57.8 Å². The average molecular weight is 375 g/mol. The first-order valence-electron chi connectivity index (χ1n) is 6.30. The number of rotatable bonds is 6. The maximum Gasteiger partial charge on any atom is 0.137 e. The lowest BCUT2D eigenvalue weighted by atomic mass is 10.3. The Labute approximate surface area is 135 Å². The van der Waals surface area contributed by atoms with Crippen molar-refractivity contribution in [2.45, 2.75) is 6.10 Å². The molecule has 2 aromatic carbocycles. The number of ether oxygens (including phenoxy) is 1. The summed E-state index contributed by atoms with van der Waals surface area (Å²) in [7, 11) is 0. The first kappa shape index (κ1) is 16.1. The maximum atomic E-state index is 13.1. The van der Waals surface area contributed by atoms with E-state index in [1.54, 1.807) is 36.4 Å². The van der Waals surface area contributed by atoms with Crippen molar-refractivity contribution < 1.29 is 14.2 Å². The molecular weight excluding hydrogens is 361 g/mol. The molecule has 0 amide bonds. The second-order valence-corrected chi connectivity index (χ2v) is 5.72. The summed E-state index contributed by atoms with van der Waals surface area (Å²) >= 11 is 8.88. The number of anilines is 1. The summed E-state index contributed by atoms with van der Waals surface area (Å²) in [5.41, 5.74) is 0.716. The van der Waals surface area contributed by atoms with Gasteiger partial charge in [0.2, 0.25) is 0 Å². The van der Waals surface area contributed by atoms with Crippen LogP contribution < -0.4 is 10.1 Å². The third-order valence-corrected chi connectivity index (χ3v) is 3.58. The van der Waals surface area contributed by atoms with Gasteiger partial charge in [-0.15, -0.1) is 0 Å². The molecule has 0 saturated heterocycles. The van der Waals surface area contributed by atoms with Gasteiger partial charge in [-0.1, -0.05) is 11.6 Å². The van der Waals surface area contributed by atoms with E-state index in [2.05, 4.69) is 21.2 Å². The molecule has 6 heteroatoms. The van der Waals surface area contributed by atoms with Crippen molar-refractivity contribution in [2.24, 2.45) is 0 Å². The third-order valence-electron chi connectivity index (χ3n) is 2.72. The summed E-state index contributed by atoms with van der Waals surface area (Å²) in [4.78, 5) is 0. The van der Waals surface area contributed by atoms with Gasteiger partial charge in [0.1, 0.15) is 24.3 Å². The van der Waals surface area contributed by atoms with E-state index < -0.39 is 6.10 Å². The Bertz CT molecular complexity index is 595. The molecule has 0 aliphatic carbocycles.